The summed E-state index contributed by atoms with van der Waals surface area (Å²) in [4.78, 5) is 10.9. The van der Waals surface area contributed by atoms with E-state index >= 15 is 0 Å². The van der Waals surface area contributed by atoms with Crippen LogP contribution in [0.3, 0.4) is 0 Å². The normalized spacial score (nSPS) is 20.0. The molecule has 1 saturated heterocycles. The lowest BCUT2D eigenvalue weighted by Crippen LogP contribution is -2.22. The topological polar surface area (TPSA) is 41.1 Å². The molecule has 17 heavy (non-hydrogen) atoms. The van der Waals surface area contributed by atoms with Crippen LogP contribution in [-0.2, 0) is 6.18 Å². The van der Waals surface area contributed by atoms with Gasteiger partial charge in [-0.25, -0.2) is 4.79 Å². The molecule has 1 heterocycles. The second kappa shape index (κ2) is 4.10. The van der Waals surface area contributed by atoms with Gasteiger partial charge in [-0.15, -0.1) is 0 Å². The monoisotopic (exact) mass is 264 g/mol. The molecule has 2 N–H and O–H groups in total. The summed E-state index contributed by atoms with van der Waals surface area (Å²) in [5.74, 6) is 0. The molecule has 0 spiro atoms. The first kappa shape index (κ1) is 12.0. The Morgan fingerprint density at radius 3 is 2.53 bits per heavy atom. The highest BCUT2D eigenvalue weighted by Crippen LogP contribution is 2.33. The van der Waals surface area contributed by atoms with Crippen LogP contribution in [0.1, 0.15) is 17.2 Å². The zero-order valence-electron chi connectivity index (χ0n) is 8.44. The second-order valence-corrected chi connectivity index (χ2v) is 4.11. The van der Waals surface area contributed by atoms with Crippen molar-refractivity contribution in [1.82, 2.24) is 10.6 Å². The molecule has 2 rings (SSSR count). The highest BCUT2D eigenvalue weighted by Gasteiger charge is 2.32. The van der Waals surface area contributed by atoms with E-state index in [1.165, 1.54) is 6.07 Å². The summed E-state index contributed by atoms with van der Waals surface area (Å²) in [7, 11) is 0. The summed E-state index contributed by atoms with van der Waals surface area (Å²) in [5, 5.41) is 4.97. The second-order valence-electron chi connectivity index (χ2n) is 3.68. The summed E-state index contributed by atoms with van der Waals surface area (Å²) in [6, 6.07) is 2.37. The summed E-state index contributed by atoms with van der Waals surface area (Å²) >= 11 is 5.64. The molecule has 1 aromatic carbocycles. The molecule has 0 unspecified atom stereocenters. The first-order valence-corrected chi connectivity index (χ1v) is 5.16. The zero-order chi connectivity index (χ0) is 12.6. The molecule has 3 nitrogen and oxygen atoms in total. The van der Waals surface area contributed by atoms with Crippen molar-refractivity contribution in [3.63, 3.8) is 0 Å². The Morgan fingerprint density at radius 2 is 2.00 bits per heavy atom. The Kier molecular flexibility index (Phi) is 2.91. The number of urea groups is 1. The largest absolute Gasteiger partial charge is 0.416 e. The van der Waals surface area contributed by atoms with Crippen molar-refractivity contribution < 1.29 is 18.0 Å². The van der Waals surface area contributed by atoms with E-state index in [0.717, 1.165) is 12.1 Å². The third-order valence-corrected chi connectivity index (χ3v) is 2.64. The number of halogens is 4. The minimum absolute atomic E-state index is 0.00373. The van der Waals surface area contributed by atoms with Crippen molar-refractivity contribution in [3.8, 4) is 0 Å². The number of rotatable bonds is 1. The highest BCUT2D eigenvalue weighted by molar-refractivity contribution is 6.30. The Bertz CT molecular complexity index is 461. The first-order chi connectivity index (χ1) is 7.86. The molecule has 92 valence electrons. The lowest BCUT2D eigenvalue weighted by atomic mass is 10.0. The predicted octanol–water partition coefficient (Wildman–Crippen LogP) is 2.71. The average Bonchev–Trinajstić information content (AvgIpc) is 2.62. The van der Waals surface area contributed by atoms with Gasteiger partial charge in [-0.2, -0.15) is 13.2 Å². The van der Waals surface area contributed by atoms with E-state index in [-0.39, 0.29) is 11.6 Å². The van der Waals surface area contributed by atoms with Crippen molar-refractivity contribution in [3.05, 3.63) is 34.3 Å². The van der Waals surface area contributed by atoms with Crippen molar-refractivity contribution in [2.45, 2.75) is 12.2 Å². The molecular formula is C10H8ClF3N2O. The maximum Gasteiger partial charge on any atom is 0.416 e. The molecule has 1 fully saturated rings. The minimum Gasteiger partial charge on any atom is -0.336 e. The average molecular weight is 265 g/mol. The molecule has 0 aromatic heterocycles. The Labute approximate surface area is 99.9 Å². The van der Waals surface area contributed by atoms with Crippen LogP contribution >= 0.6 is 11.6 Å². The number of nitrogens with one attached hydrogen (secondary N) is 2. The highest BCUT2D eigenvalue weighted by atomic mass is 35.5. The molecule has 0 saturated carbocycles. The fraction of sp³-hybridized carbons (Fsp3) is 0.300. The van der Waals surface area contributed by atoms with Crippen molar-refractivity contribution >= 4 is 17.6 Å². The van der Waals surface area contributed by atoms with Gasteiger partial charge in [0.25, 0.3) is 0 Å². The number of hydrogen-bond donors (Lipinski definition) is 2. The zero-order valence-corrected chi connectivity index (χ0v) is 9.19. The van der Waals surface area contributed by atoms with Gasteiger partial charge >= 0.3 is 12.2 Å². The molecule has 1 aliphatic heterocycles. The first-order valence-electron chi connectivity index (χ1n) is 4.78. The summed E-state index contributed by atoms with van der Waals surface area (Å²) in [6.45, 7) is 0.247. The smallest absolute Gasteiger partial charge is 0.336 e. The van der Waals surface area contributed by atoms with E-state index in [2.05, 4.69) is 10.6 Å². The quantitative estimate of drug-likeness (QED) is 0.804. The minimum atomic E-state index is -4.45. The fourth-order valence-corrected chi connectivity index (χ4v) is 1.88. The van der Waals surface area contributed by atoms with E-state index in [9.17, 15) is 18.0 Å². The van der Waals surface area contributed by atoms with Crippen molar-refractivity contribution in [1.29, 1.82) is 0 Å². The van der Waals surface area contributed by atoms with Gasteiger partial charge in [-0.05, 0) is 23.8 Å². The lowest BCUT2D eigenvalue weighted by Gasteiger charge is -2.13. The molecular weight excluding hydrogens is 257 g/mol. The number of hydrogen-bond acceptors (Lipinski definition) is 1. The van der Waals surface area contributed by atoms with Crippen LogP contribution in [-0.4, -0.2) is 12.6 Å². The third-order valence-electron chi connectivity index (χ3n) is 2.42. The van der Waals surface area contributed by atoms with E-state index in [1.54, 1.807) is 0 Å². The van der Waals surface area contributed by atoms with Crippen LogP contribution in [0, 0.1) is 0 Å². The molecule has 0 radical (unpaired) electrons. The van der Waals surface area contributed by atoms with Gasteiger partial charge in [0.15, 0.2) is 0 Å². The molecule has 1 aromatic rings. The van der Waals surface area contributed by atoms with E-state index in [1.807, 2.05) is 0 Å². The predicted molar refractivity (Wildman–Crippen MR) is 55.7 cm³/mol. The number of carbonyl (C=O) groups excluding carboxylic acids is 1. The van der Waals surface area contributed by atoms with Crippen molar-refractivity contribution in [2.75, 3.05) is 6.54 Å². The summed E-state index contributed by atoms with van der Waals surface area (Å²) in [6.07, 6.45) is -4.45. The third kappa shape index (κ3) is 2.63. The van der Waals surface area contributed by atoms with E-state index in [0.29, 0.717) is 5.56 Å². The van der Waals surface area contributed by atoms with Gasteiger partial charge < -0.3 is 10.6 Å². The Hall–Kier alpha value is -1.43. The molecule has 0 aliphatic carbocycles. The van der Waals surface area contributed by atoms with Gasteiger partial charge in [0, 0.05) is 11.6 Å². The van der Waals surface area contributed by atoms with Crippen LogP contribution in [0.4, 0.5) is 18.0 Å². The Balaban J connectivity index is 2.35. The van der Waals surface area contributed by atoms with Crippen LogP contribution in [0.5, 0.6) is 0 Å². The van der Waals surface area contributed by atoms with Crippen LogP contribution in [0.25, 0.3) is 0 Å². The van der Waals surface area contributed by atoms with Crippen LogP contribution in [0.2, 0.25) is 5.02 Å². The summed E-state index contributed by atoms with van der Waals surface area (Å²) in [5.41, 5.74) is -0.482. The van der Waals surface area contributed by atoms with E-state index < -0.39 is 23.8 Å². The van der Waals surface area contributed by atoms with Gasteiger partial charge in [-0.3, -0.25) is 0 Å². The maximum absolute atomic E-state index is 12.5. The molecule has 1 aliphatic rings. The fourth-order valence-electron chi connectivity index (χ4n) is 1.63. The number of carbonyl (C=O) groups is 1. The number of benzene rings is 1. The summed E-state index contributed by atoms with van der Waals surface area (Å²) < 4.78 is 37.6. The lowest BCUT2D eigenvalue weighted by molar-refractivity contribution is -0.137. The molecule has 2 amide bonds. The maximum atomic E-state index is 12.5. The van der Waals surface area contributed by atoms with Gasteiger partial charge in [0.1, 0.15) is 0 Å². The molecule has 1 atom stereocenters. The van der Waals surface area contributed by atoms with Gasteiger partial charge in [-0.1, -0.05) is 11.6 Å². The standard InChI is InChI=1S/C10H8ClF3N2O/c11-7-2-5(8-4-15-9(17)16-8)1-6(3-7)10(12,13)14/h1-3,8H,4H2,(H2,15,16,17)/t8-/m0/s1. The molecule has 7 heteroatoms. The number of alkyl halides is 3. The van der Waals surface area contributed by atoms with Crippen LogP contribution in [0.15, 0.2) is 18.2 Å². The number of amides is 2. The van der Waals surface area contributed by atoms with Crippen molar-refractivity contribution in [2.24, 2.45) is 0 Å². The molecule has 0 bridgehead atoms. The van der Waals surface area contributed by atoms with Crippen LogP contribution < -0.4 is 10.6 Å². The van der Waals surface area contributed by atoms with Gasteiger partial charge in [0.2, 0.25) is 0 Å². The Morgan fingerprint density at radius 1 is 1.29 bits per heavy atom. The SMILES string of the molecule is O=C1NC[C@@H](c2cc(Cl)cc(C(F)(F)F)c2)N1. The van der Waals surface area contributed by atoms with E-state index in [4.69, 9.17) is 11.6 Å². The van der Waals surface area contributed by atoms with Gasteiger partial charge in [0.05, 0.1) is 11.6 Å².